The lowest BCUT2D eigenvalue weighted by atomic mass is 9.95. The van der Waals surface area contributed by atoms with Crippen molar-refractivity contribution in [2.75, 3.05) is 13.6 Å². The van der Waals surface area contributed by atoms with Crippen LogP contribution in [0.1, 0.15) is 24.8 Å². The van der Waals surface area contributed by atoms with Crippen LogP contribution in [-0.2, 0) is 11.3 Å². The molecule has 0 saturated heterocycles. The van der Waals surface area contributed by atoms with Crippen LogP contribution in [0.2, 0.25) is 5.02 Å². The molecule has 0 bridgehead atoms. The van der Waals surface area contributed by atoms with Crippen LogP contribution in [0.25, 0.3) is 0 Å². The number of hydrogen-bond acceptors (Lipinski definition) is 2. The van der Waals surface area contributed by atoms with E-state index >= 15 is 0 Å². The van der Waals surface area contributed by atoms with Crippen molar-refractivity contribution in [3.8, 4) is 0 Å². The summed E-state index contributed by atoms with van der Waals surface area (Å²) in [7, 11) is 1.86. The number of amides is 1. The number of nitrogens with zero attached hydrogens (tertiary/aromatic N) is 1. The van der Waals surface area contributed by atoms with Crippen molar-refractivity contribution in [3.05, 3.63) is 34.9 Å². The molecule has 0 radical (unpaired) electrons. The number of benzene rings is 1. The van der Waals surface area contributed by atoms with E-state index in [9.17, 15) is 4.79 Å². The highest BCUT2D eigenvalue weighted by molar-refractivity contribution is 6.30. The Labute approximate surface area is 119 Å². The van der Waals surface area contributed by atoms with Crippen LogP contribution in [0, 0.1) is 11.8 Å². The second-order valence-corrected chi connectivity index (χ2v) is 5.79. The topological polar surface area (TPSA) is 46.3 Å². The van der Waals surface area contributed by atoms with Gasteiger partial charge >= 0.3 is 0 Å². The second-order valence-electron chi connectivity index (χ2n) is 5.36. The van der Waals surface area contributed by atoms with Gasteiger partial charge in [-0.25, -0.2) is 0 Å². The second kappa shape index (κ2) is 6.40. The van der Waals surface area contributed by atoms with Crippen LogP contribution >= 0.6 is 11.6 Å². The third kappa shape index (κ3) is 3.48. The molecule has 0 heterocycles. The molecule has 0 aliphatic heterocycles. The average Bonchev–Trinajstić information content (AvgIpc) is 2.86. The summed E-state index contributed by atoms with van der Waals surface area (Å²) in [6.45, 7) is 1.22. The van der Waals surface area contributed by atoms with Gasteiger partial charge in [0, 0.05) is 24.5 Å². The number of carbonyl (C=O) groups is 1. The lowest BCUT2D eigenvalue weighted by molar-refractivity contribution is -0.135. The Morgan fingerprint density at radius 1 is 1.47 bits per heavy atom. The van der Waals surface area contributed by atoms with Crippen molar-refractivity contribution in [2.24, 2.45) is 17.6 Å². The Kier molecular flexibility index (Phi) is 4.83. The predicted molar refractivity (Wildman–Crippen MR) is 77.8 cm³/mol. The zero-order valence-electron chi connectivity index (χ0n) is 11.3. The summed E-state index contributed by atoms with van der Waals surface area (Å²) in [5.74, 6) is 0.677. The maximum absolute atomic E-state index is 12.4. The van der Waals surface area contributed by atoms with Crippen LogP contribution in [0.3, 0.4) is 0 Å². The molecule has 2 N–H and O–H groups in total. The maximum atomic E-state index is 12.4. The molecule has 104 valence electrons. The summed E-state index contributed by atoms with van der Waals surface area (Å²) in [6, 6.07) is 7.65. The van der Waals surface area contributed by atoms with E-state index in [2.05, 4.69) is 0 Å². The summed E-state index contributed by atoms with van der Waals surface area (Å²) in [4.78, 5) is 14.2. The van der Waals surface area contributed by atoms with Gasteiger partial charge in [0.1, 0.15) is 0 Å². The normalized spacial score (nSPS) is 22.5. The lowest BCUT2D eigenvalue weighted by Gasteiger charge is -2.24. The minimum absolute atomic E-state index is 0.106. The van der Waals surface area contributed by atoms with Crippen molar-refractivity contribution in [2.45, 2.75) is 25.8 Å². The Balaban J connectivity index is 1.99. The van der Waals surface area contributed by atoms with Crippen molar-refractivity contribution < 1.29 is 4.79 Å². The van der Waals surface area contributed by atoms with E-state index < -0.39 is 0 Å². The first-order valence-corrected chi connectivity index (χ1v) is 7.19. The molecule has 1 aliphatic rings. The number of nitrogens with two attached hydrogens (primary N) is 1. The van der Waals surface area contributed by atoms with Crippen LogP contribution < -0.4 is 5.73 Å². The third-order valence-corrected chi connectivity index (χ3v) is 4.20. The Morgan fingerprint density at radius 3 is 2.95 bits per heavy atom. The van der Waals surface area contributed by atoms with Crippen LogP contribution in [0.15, 0.2) is 24.3 Å². The largest absolute Gasteiger partial charge is 0.341 e. The third-order valence-electron chi connectivity index (χ3n) is 3.96. The first-order chi connectivity index (χ1) is 9.11. The molecule has 2 atom stereocenters. The van der Waals surface area contributed by atoms with Gasteiger partial charge in [0.25, 0.3) is 0 Å². The number of carbonyl (C=O) groups excluding carboxylic acids is 1. The molecule has 2 rings (SSSR count). The van der Waals surface area contributed by atoms with Gasteiger partial charge in [-0.2, -0.15) is 0 Å². The highest BCUT2D eigenvalue weighted by Gasteiger charge is 2.33. The molecule has 1 aromatic carbocycles. The molecule has 3 nitrogen and oxygen atoms in total. The van der Waals surface area contributed by atoms with Gasteiger partial charge in [-0.15, -0.1) is 0 Å². The fraction of sp³-hybridized carbons (Fsp3) is 0.533. The van der Waals surface area contributed by atoms with Crippen LogP contribution in [0.5, 0.6) is 0 Å². The van der Waals surface area contributed by atoms with E-state index in [0.29, 0.717) is 24.0 Å². The van der Waals surface area contributed by atoms with Crippen molar-refractivity contribution >= 4 is 17.5 Å². The van der Waals surface area contributed by atoms with Crippen LogP contribution in [-0.4, -0.2) is 24.4 Å². The maximum Gasteiger partial charge on any atom is 0.226 e. The van der Waals surface area contributed by atoms with Crippen molar-refractivity contribution in [3.63, 3.8) is 0 Å². The first-order valence-electron chi connectivity index (χ1n) is 6.81. The molecule has 1 aromatic rings. The zero-order chi connectivity index (χ0) is 13.8. The van der Waals surface area contributed by atoms with E-state index in [-0.39, 0.29) is 11.8 Å². The lowest BCUT2D eigenvalue weighted by Crippen LogP contribution is -2.36. The fourth-order valence-corrected chi connectivity index (χ4v) is 3.13. The van der Waals surface area contributed by atoms with Gasteiger partial charge < -0.3 is 10.6 Å². The summed E-state index contributed by atoms with van der Waals surface area (Å²) in [6.07, 6.45) is 3.17. The Hall–Kier alpha value is -1.06. The van der Waals surface area contributed by atoms with E-state index in [1.165, 1.54) is 0 Å². The fourth-order valence-electron chi connectivity index (χ4n) is 2.91. The molecule has 19 heavy (non-hydrogen) atoms. The number of rotatable bonds is 4. The molecular weight excluding hydrogens is 260 g/mol. The highest BCUT2D eigenvalue weighted by Crippen LogP contribution is 2.32. The van der Waals surface area contributed by atoms with E-state index in [4.69, 9.17) is 17.3 Å². The first kappa shape index (κ1) is 14.4. The number of halogens is 1. The smallest absolute Gasteiger partial charge is 0.226 e. The van der Waals surface area contributed by atoms with Gasteiger partial charge in [0.15, 0.2) is 0 Å². The van der Waals surface area contributed by atoms with Crippen LogP contribution in [0.4, 0.5) is 0 Å². The van der Waals surface area contributed by atoms with Crippen molar-refractivity contribution in [1.29, 1.82) is 0 Å². The van der Waals surface area contributed by atoms with E-state index in [1.807, 2.05) is 31.3 Å². The molecular formula is C15H21ClN2O. The van der Waals surface area contributed by atoms with Gasteiger partial charge in [0.2, 0.25) is 5.91 Å². The van der Waals surface area contributed by atoms with Gasteiger partial charge in [-0.1, -0.05) is 30.2 Å². The quantitative estimate of drug-likeness (QED) is 0.922. The molecule has 4 heteroatoms. The minimum Gasteiger partial charge on any atom is -0.341 e. The monoisotopic (exact) mass is 280 g/mol. The SMILES string of the molecule is CN(Cc1cccc(Cl)c1)C(=O)C1CCCC1CN. The summed E-state index contributed by atoms with van der Waals surface area (Å²) >= 11 is 5.96. The predicted octanol–water partition coefficient (Wildman–Crippen LogP) is 2.67. The van der Waals surface area contributed by atoms with E-state index in [1.54, 1.807) is 4.90 Å². The summed E-state index contributed by atoms with van der Waals surface area (Å²) in [5.41, 5.74) is 6.81. The van der Waals surface area contributed by atoms with Gasteiger partial charge in [-0.3, -0.25) is 4.79 Å². The van der Waals surface area contributed by atoms with E-state index in [0.717, 1.165) is 24.8 Å². The summed E-state index contributed by atoms with van der Waals surface area (Å²) < 4.78 is 0. The molecule has 1 fully saturated rings. The highest BCUT2D eigenvalue weighted by atomic mass is 35.5. The zero-order valence-corrected chi connectivity index (χ0v) is 12.1. The van der Waals surface area contributed by atoms with Gasteiger partial charge in [0.05, 0.1) is 0 Å². The standard InChI is InChI=1S/C15H21ClN2O/c1-18(10-11-4-2-6-13(16)8-11)15(19)14-7-3-5-12(14)9-17/h2,4,6,8,12,14H,3,5,7,9-10,17H2,1H3. The molecule has 0 aromatic heterocycles. The summed E-state index contributed by atoms with van der Waals surface area (Å²) in [5, 5.41) is 0.707. The average molecular weight is 281 g/mol. The van der Waals surface area contributed by atoms with Crippen molar-refractivity contribution in [1.82, 2.24) is 4.90 Å². The van der Waals surface area contributed by atoms with Gasteiger partial charge in [-0.05, 0) is 43.0 Å². The molecule has 1 saturated carbocycles. The minimum atomic E-state index is 0.106. The molecule has 1 aliphatic carbocycles. The molecule has 2 unspecified atom stereocenters. The number of hydrogen-bond donors (Lipinski definition) is 1. The molecule has 1 amide bonds. The molecule has 0 spiro atoms. The Bertz CT molecular complexity index is 450. The Morgan fingerprint density at radius 2 is 2.26 bits per heavy atom.